The van der Waals surface area contributed by atoms with E-state index >= 15 is 0 Å². The number of amides is 1. The standard InChI is InChI=1S/C12H24N2O2/c1-9(15)10(7-5-6-8-13)14-11(16)12(2,3)4/h10H,5-8,13H2,1-4H3,(H,14,16). The van der Waals surface area contributed by atoms with Crippen LogP contribution in [0.25, 0.3) is 0 Å². The van der Waals surface area contributed by atoms with Crippen molar-refractivity contribution in [3.8, 4) is 0 Å². The van der Waals surface area contributed by atoms with E-state index in [1.165, 1.54) is 6.92 Å². The summed E-state index contributed by atoms with van der Waals surface area (Å²) in [6.07, 6.45) is 2.43. The lowest BCUT2D eigenvalue weighted by molar-refractivity contribution is -0.132. The summed E-state index contributed by atoms with van der Waals surface area (Å²) in [5.74, 6) is -0.0740. The van der Waals surface area contributed by atoms with Crippen molar-refractivity contribution in [2.24, 2.45) is 11.1 Å². The molecule has 0 fully saturated rings. The van der Waals surface area contributed by atoms with Crippen molar-refractivity contribution in [3.05, 3.63) is 0 Å². The first-order valence-electron chi connectivity index (χ1n) is 5.80. The van der Waals surface area contributed by atoms with Crippen LogP contribution in [-0.2, 0) is 9.59 Å². The van der Waals surface area contributed by atoms with Crippen molar-refractivity contribution < 1.29 is 9.59 Å². The quantitative estimate of drug-likeness (QED) is 0.672. The van der Waals surface area contributed by atoms with Gasteiger partial charge in [-0.2, -0.15) is 0 Å². The number of carbonyl (C=O) groups excluding carboxylic acids is 2. The molecule has 0 aromatic rings. The molecule has 1 unspecified atom stereocenters. The van der Waals surface area contributed by atoms with Crippen molar-refractivity contribution >= 4 is 11.7 Å². The second-order valence-electron chi connectivity index (χ2n) is 5.17. The highest BCUT2D eigenvalue weighted by atomic mass is 16.2. The SMILES string of the molecule is CC(=O)C(CCCCN)NC(=O)C(C)(C)C. The molecule has 0 aliphatic heterocycles. The third kappa shape index (κ3) is 5.85. The molecule has 3 N–H and O–H groups in total. The number of rotatable bonds is 6. The van der Waals surface area contributed by atoms with E-state index in [-0.39, 0.29) is 17.7 Å². The summed E-state index contributed by atoms with van der Waals surface area (Å²) < 4.78 is 0. The van der Waals surface area contributed by atoms with Crippen molar-refractivity contribution in [2.45, 2.75) is 53.0 Å². The second-order valence-corrected chi connectivity index (χ2v) is 5.17. The van der Waals surface area contributed by atoms with Gasteiger partial charge in [0.25, 0.3) is 0 Å². The molecule has 16 heavy (non-hydrogen) atoms. The molecule has 0 aliphatic carbocycles. The van der Waals surface area contributed by atoms with Gasteiger partial charge in [0.2, 0.25) is 5.91 Å². The summed E-state index contributed by atoms with van der Waals surface area (Å²) >= 11 is 0. The fourth-order valence-electron chi connectivity index (χ4n) is 1.24. The van der Waals surface area contributed by atoms with Gasteiger partial charge in [0.15, 0.2) is 5.78 Å². The maximum Gasteiger partial charge on any atom is 0.225 e. The summed E-state index contributed by atoms with van der Waals surface area (Å²) in [4.78, 5) is 23.1. The summed E-state index contributed by atoms with van der Waals surface area (Å²) in [6, 6.07) is -0.363. The van der Waals surface area contributed by atoms with Gasteiger partial charge in [0, 0.05) is 5.41 Å². The molecule has 1 amide bonds. The number of hydrogen-bond donors (Lipinski definition) is 2. The minimum atomic E-state index is -0.457. The summed E-state index contributed by atoms with van der Waals surface area (Å²) in [5, 5.41) is 2.79. The minimum absolute atomic E-state index is 0.00891. The maximum atomic E-state index is 11.7. The lowest BCUT2D eigenvalue weighted by Crippen LogP contribution is -2.45. The highest BCUT2D eigenvalue weighted by molar-refractivity contribution is 5.89. The van der Waals surface area contributed by atoms with Crippen LogP contribution in [0.4, 0.5) is 0 Å². The molecule has 0 aromatic heterocycles. The predicted octanol–water partition coefficient (Wildman–Crippen LogP) is 1.24. The lowest BCUT2D eigenvalue weighted by atomic mass is 9.94. The largest absolute Gasteiger partial charge is 0.346 e. The van der Waals surface area contributed by atoms with Gasteiger partial charge in [-0.25, -0.2) is 0 Å². The zero-order valence-corrected chi connectivity index (χ0v) is 10.8. The van der Waals surface area contributed by atoms with E-state index in [4.69, 9.17) is 5.73 Å². The molecular formula is C12H24N2O2. The normalized spacial score (nSPS) is 13.3. The molecule has 0 rings (SSSR count). The zero-order valence-electron chi connectivity index (χ0n) is 10.8. The van der Waals surface area contributed by atoms with Gasteiger partial charge in [-0.3, -0.25) is 9.59 Å². The Bertz CT molecular complexity index is 244. The van der Waals surface area contributed by atoms with E-state index in [9.17, 15) is 9.59 Å². The molecule has 0 heterocycles. The number of nitrogens with one attached hydrogen (secondary N) is 1. The van der Waals surface area contributed by atoms with E-state index in [1.807, 2.05) is 20.8 Å². The smallest absolute Gasteiger partial charge is 0.225 e. The first-order valence-corrected chi connectivity index (χ1v) is 5.80. The Balaban J connectivity index is 4.24. The van der Waals surface area contributed by atoms with Crippen LogP contribution < -0.4 is 11.1 Å². The summed E-state index contributed by atoms with van der Waals surface area (Å²) in [7, 11) is 0. The summed E-state index contributed by atoms with van der Waals surface area (Å²) in [5.41, 5.74) is 4.93. The molecule has 4 nitrogen and oxygen atoms in total. The van der Waals surface area contributed by atoms with Crippen LogP contribution in [0.15, 0.2) is 0 Å². The average Bonchev–Trinajstić information content (AvgIpc) is 2.14. The molecule has 0 aromatic carbocycles. The van der Waals surface area contributed by atoms with Gasteiger partial charge >= 0.3 is 0 Å². The number of carbonyl (C=O) groups is 2. The maximum absolute atomic E-state index is 11.7. The van der Waals surface area contributed by atoms with Crippen LogP contribution >= 0.6 is 0 Å². The fraction of sp³-hybridized carbons (Fsp3) is 0.833. The third-order valence-electron chi connectivity index (χ3n) is 2.42. The van der Waals surface area contributed by atoms with Gasteiger partial charge in [-0.1, -0.05) is 20.8 Å². The molecule has 0 saturated carbocycles. The van der Waals surface area contributed by atoms with Crippen molar-refractivity contribution in [1.29, 1.82) is 0 Å². The van der Waals surface area contributed by atoms with E-state index in [0.29, 0.717) is 13.0 Å². The molecule has 0 saturated heterocycles. The molecular weight excluding hydrogens is 204 g/mol. The van der Waals surface area contributed by atoms with Crippen LogP contribution in [0.1, 0.15) is 47.0 Å². The Kier molecular flexibility index (Phi) is 6.26. The average molecular weight is 228 g/mol. The molecule has 4 heteroatoms. The van der Waals surface area contributed by atoms with E-state index in [1.54, 1.807) is 0 Å². The van der Waals surface area contributed by atoms with Gasteiger partial charge in [0.05, 0.1) is 6.04 Å². The van der Waals surface area contributed by atoms with Crippen LogP contribution in [0.3, 0.4) is 0 Å². The first-order chi connectivity index (χ1) is 7.29. The van der Waals surface area contributed by atoms with Gasteiger partial charge in [-0.15, -0.1) is 0 Å². The van der Waals surface area contributed by atoms with Crippen molar-refractivity contribution in [1.82, 2.24) is 5.32 Å². The molecule has 1 atom stereocenters. The van der Waals surface area contributed by atoms with Crippen LogP contribution in [0.5, 0.6) is 0 Å². The Labute approximate surface area is 98.0 Å². The Morgan fingerprint density at radius 3 is 2.19 bits per heavy atom. The van der Waals surface area contributed by atoms with Crippen LogP contribution in [0, 0.1) is 5.41 Å². The van der Waals surface area contributed by atoms with Crippen molar-refractivity contribution in [2.75, 3.05) is 6.54 Å². The number of ketones is 1. The third-order valence-corrected chi connectivity index (χ3v) is 2.42. The Hall–Kier alpha value is -0.900. The van der Waals surface area contributed by atoms with Gasteiger partial charge < -0.3 is 11.1 Å². The highest BCUT2D eigenvalue weighted by Crippen LogP contribution is 2.14. The predicted molar refractivity (Wildman–Crippen MR) is 65.0 cm³/mol. The Morgan fingerprint density at radius 1 is 1.25 bits per heavy atom. The molecule has 0 spiro atoms. The first kappa shape index (κ1) is 15.1. The molecule has 0 bridgehead atoms. The van der Waals surface area contributed by atoms with E-state index in [0.717, 1.165) is 12.8 Å². The van der Waals surface area contributed by atoms with Crippen LogP contribution in [-0.4, -0.2) is 24.3 Å². The van der Waals surface area contributed by atoms with E-state index < -0.39 is 5.41 Å². The molecule has 0 aliphatic rings. The molecule has 0 radical (unpaired) electrons. The van der Waals surface area contributed by atoms with Gasteiger partial charge in [0.1, 0.15) is 0 Å². The number of nitrogens with two attached hydrogens (primary N) is 1. The zero-order chi connectivity index (χ0) is 12.8. The number of hydrogen-bond acceptors (Lipinski definition) is 3. The van der Waals surface area contributed by atoms with Crippen molar-refractivity contribution in [3.63, 3.8) is 0 Å². The lowest BCUT2D eigenvalue weighted by Gasteiger charge is -2.22. The Morgan fingerprint density at radius 2 is 1.81 bits per heavy atom. The van der Waals surface area contributed by atoms with Gasteiger partial charge in [-0.05, 0) is 32.7 Å². The minimum Gasteiger partial charge on any atom is -0.346 e. The highest BCUT2D eigenvalue weighted by Gasteiger charge is 2.25. The fourth-order valence-corrected chi connectivity index (χ4v) is 1.24. The van der Waals surface area contributed by atoms with E-state index in [2.05, 4.69) is 5.32 Å². The monoisotopic (exact) mass is 228 g/mol. The number of Topliss-reactive ketones (excluding diaryl/α,β-unsaturated/α-hetero) is 1. The number of unbranched alkanes of at least 4 members (excludes halogenated alkanes) is 1. The second kappa shape index (κ2) is 6.63. The summed E-state index contributed by atoms with van der Waals surface area (Å²) in [6.45, 7) is 7.63. The van der Waals surface area contributed by atoms with Crippen LogP contribution in [0.2, 0.25) is 0 Å². The molecule has 94 valence electrons. The topological polar surface area (TPSA) is 72.2 Å².